The van der Waals surface area contributed by atoms with E-state index < -0.39 is 11.7 Å². The van der Waals surface area contributed by atoms with E-state index >= 15 is 0 Å². The van der Waals surface area contributed by atoms with Crippen LogP contribution < -0.4 is 5.32 Å². The quantitative estimate of drug-likeness (QED) is 0.934. The number of aromatic nitrogens is 2. The lowest BCUT2D eigenvalue weighted by atomic mass is 10.1. The molecule has 2 aromatic rings. The van der Waals surface area contributed by atoms with Crippen molar-refractivity contribution < 1.29 is 13.2 Å². The summed E-state index contributed by atoms with van der Waals surface area (Å²) in [7, 11) is 1.84. The number of halogens is 3. The molecule has 1 aromatic carbocycles. The van der Waals surface area contributed by atoms with E-state index in [2.05, 4.69) is 10.4 Å². The molecule has 0 radical (unpaired) electrons. The van der Waals surface area contributed by atoms with Crippen molar-refractivity contribution in [2.24, 2.45) is 7.05 Å². The van der Waals surface area contributed by atoms with Gasteiger partial charge in [0.1, 0.15) is 0 Å². The summed E-state index contributed by atoms with van der Waals surface area (Å²) in [6.45, 7) is 2.87. The highest BCUT2D eigenvalue weighted by atomic mass is 19.4. The van der Waals surface area contributed by atoms with Gasteiger partial charge in [0.15, 0.2) is 0 Å². The van der Waals surface area contributed by atoms with Crippen LogP contribution in [0.15, 0.2) is 30.5 Å². The highest BCUT2D eigenvalue weighted by Crippen LogP contribution is 2.29. The van der Waals surface area contributed by atoms with Gasteiger partial charge >= 0.3 is 6.18 Å². The van der Waals surface area contributed by atoms with E-state index in [-0.39, 0.29) is 0 Å². The Morgan fingerprint density at radius 2 is 2.00 bits per heavy atom. The van der Waals surface area contributed by atoms with Crippen LogP contribution in [0.2, 0.25) is 0 Å². The van der Waals surface area contributed by atoms with Gasteiger partial charge in [-0.05, 0) is 18.6 Å². The number of nitrogens with zero attached hydrogens (tertiary/aromatic N) is 2. The van der Waals surface area contributed by atoms with E-state index in [1.54, 1.807) is 10.7 Å². The molecular formula is C14H16F3N3. The van der Waals surface area contributed by atoms with E-state index in [4.69, 9.17) is 0 Å². The molecule has 0 aliphatic carbocycles. The molecule has 20 heavy (non-hydrogen) atoms. The van der Waals surface area contributed by atoms with Gasteiger partial charge < -0.3 is 5.32 Å². The zero-order chi connectivity index (χ0) is 14.8. The summed E-state index contributed by atoms with van der Waals surface area (Å²) in [5.41, 5.74) is 1.96. The fourth-order valence-electron chi connectivity index (χ4n) is 2.02. The average molecular weight is 283 g/mol. The molecule has 1 N–H and O–H groups in total. The number of hydrogen-bond acceptors (Lipinski definition) is 2. The number of rotatable bonds is 4. The second-order valence-corrected chi connectivity index (χ2v) is 4.72. The molecule has 0 aliphatic rings. The normalized spacial score (nSPS) is 11.8. The molecule has 6 heteroatoms. The van der Waals surface area contributed by atoms with E-state index in [1.807, 2.05) is 20.2 Å². The molecule has 108 valence electrons. The van der Waals surface area contributed by atoms with Crippen LogP contribution in [-0.4, -0.2) is 9.78 Å². The Labute approximate surface area is 115 Å². The highest BCUT2D eigenvalue weighted by molar-refractivity contribution is 5.25. The van der Waals surface area contributed by atoms with Gasteiger partial charge in [0.25, 0.3) is 0 Å². The van der Waals surface area contributed by atoms with Crippen molar-refractivity contribution in [1.82, 2.24) is 15.1 Å². The van der Waals surface area contributed by atoms with E-state index in [0.717, 1.165) is 17.3 Å². The summed E-state index contributed by atoms with van der Waals surface area (Å²) in [5, 5.41) is 7.34. The summed E-state index contributed by atoms with van der Waals surface area (Å²) < 4.78 is 39.5. The van der Waals surface area contributed by atoms with Crippen LogP contribution in [0, 0.1) is 6.92 Å². The summed E-state index contributed by atoms with van der Waals surface area (Å²) in [6, 6.07) is 5.35. The minimum Gasteiger partial charge on any atom is -0.308 e. The lowest BCUT2D eigenvalue weighted by molar-refractivity contribution is -0.137. The number of alkyl halides is 3. The molecular weight excluding hydrogens is 267 g/mol. The third kappa shape index (κ3) is 3.60. The molecule has 0 bridgehead atoms. The molecule has 3 nitrogen and oxygen atoms in total. The van der Waals surface area contributed by atoms with Crippen molar-refractivity contribution in [3.05, 3.63) is 52.8 Å². The first-order valence-electron chi connectivity index (χ1n) is 6.22. The maximum atomic E-state index is 12.6. The highest BCUT2D eigenvalue weighted by Gasteiger charge is 2.30. The standard InChI is InChI=1S/C14H16F3N3/c1-10-12(9-20(2)19-10)8-18-7-11-4-3-5-13(6-11)14(15,16)17/h3-6,9,18H,7-8H2,1-2H3. The third-order valence-electron chi connectivity index (χ3n) is 3.01. The van der Waals surface area contributed by atoms with E-state index in [1.165, 1.54) is 12.1 Å². The Kier molecular flexibility index (Phi) is 4.13. The van der Waals surface area contributed by atoms with Crippen molar-refractivity contribution in [2.75, 3.05) is 0 Å². The van der Waals surface area contributed by atoms with E-state index in [9.17, 15) is 13.2 Å². The summed E-state index contributed by atoms with van der Waals surface area (Å²) in [6.07, 6.45) is -2.40. The second-order valence-electron chi connectivity index (χ2n) is 4.72. The first kappa shape index (κ1) is 14.6. The van der Waals surface area contributed by atoms with Gasteiger partial charge in [-0.3, -0.25) is 4.68 Å². The molecule has 0 unspecified atom stereocenters. The van der Waals surface area contributed by atoms with Crippen molar-refractivity contribution in [2.45, 2.75) is 26.2 Å². The molecule has 1 aromatic heterocycles. The van der Waals surface area contributed by atoms with Crippen molar-refractivity contribution in [3.8, 4) is 0 Å². The minimum atomic E-state index is -4.30. The van der Waals surface area contributed by atoms with Crippen LogP contribution in [0.5, 0.6) is 0 Å². The Hall–Kier alpha value is -1.82. The zero-order valence-electron chi connectivity index (χ0n) is 11.3. The predicted molar refractivity (Wildman–Crippen MR) is 69.9 cm³/mol. The van der Waals surface area contributed by atoms with Gasteiger partial charge in [-0.15, -0.1) is 0 Å². The summed E-state index contributed by atoms with van der Waals surface area (Å²) in [5.74, 6) is 0. The predicted octanol–water partition coefficient (Wildman–Crippen LogP) is 3.04. The fraction of sp³-hybridized carbons (Fsp3) is 0.357. The van der Waals surface area contributed by atoms with Crippen LogP contribution in [0.25, 0.3) is 0 Å². The number of aryl methyl sites for hydroxylation is 2. The van der Waals surface area contributed by atoms with Gasteiger partial charge in [-0.1, -0.05) is 18.2 Å². The lowest BCUT2D eigenvalue weighted by Crippen LogP contribution is -2.14. The molecule has 1 heterocycles. The van der Waals surface area contributed by atoms with Gasteiger partial charge in [0, 0.05) is 31.9 Å². The van der Waals surface area contributed by atoms with Crippen molar-refractivity contribution >= 4 is 0 Å². The van der Waals surface area contributed by atoms with Gasteiger partial charge in [-0.2, -0.15) is 18.3 Å². The van der Waals surface area contributed by atoms with Crippen LogP contribution >= 0.6 is 0 Å². The number of hydrogen-bond donors (Lipinski definition) is 1. The minimum absolute atomic E-state index is 0.387. The van der Waals surface area contributed by atoms with Crippen LogP contribution in [0.1, 0.15) is 22.4 Å². The summed E-state index contributed by atoms with van der Waals surface area (Å²) in [4.78, 5) is 0. The second kappa shape index (κ2) is 5.66. The largest absolute Gasteiger partial charge is 0.416 e. The monoisotopic (exact) mass is 283 g/mol. The Bertz CT molecular complexity index is 588. The Balaban J connectivity index is 1.96. The number of benzene rings is 1. The lowest BCUT2D eigenvalue weighted by Gasteiger charge is -2.09. The van der Waals surface area contributed by atoms with Crippen molar-refractivity contribution in [1.29, 1.82) is 0 Å². The van der Waals surface area contributed by atoms with Crippen molar-refractivity contribution in [3.63, 3.8) is 0 Å². The molecule has 0 amide bonds. The fourth-order valence-corrected chi connectivity index (χ4v) is 2.02. The first-order valence-corrected chi connectivity index (χ1v) is 6.22. The molecule has 0 atom stereocenters. The first-order chi connectivity index (χ1) is 9.36. The molecule has 2 rings (SSSR count). The summed E-state index contributed by atoms with van der Waals surface area (Å²) >= 11 is 0. The maximum absolute atomic E-state index is 12.6. The molecule has 0 spiro atoms. The van der Waals surface area contributed by atoms with Gasteiger partial charge in [0.05, 0.1) is 11.3 Å². The van der Waals surface area contributed by atoms with Crippen LogP contribution in [-0.2, 0) is 26.3 Å². The van der Waals surface area contributed by atoms with E-state index in [0.29, 0.717) is 18.7 Å². The molecule has 0 saturated heterocycles. The topological polar surface area (TPSA) is 29.9 Å². The number of nitrogens with one attached hydrogen (secondary N) is 1. The SMILES string of the molecule is Cc1nn(C)cc1CNCc1cccc(C(F)(F)F)c1. The Morgan fingerprint density at radius 3 is 2.60 bits per heavy atom. The smallest absolute Gasteiger partial charge is 0.308 e. The van der Waals surface area contributed by atoms with Gasteiger partial charge in [-0.25, -0.2) is 0 Å². The van der Waals surface area contributed by atoms with Gasteiger partial charge in [0.2, 0.25) is 0 Å². The molecule has 0 aliphatic heterocycles. The third-order valence-corrected chi connectivity index (χ3v) is 3.01. The van der Waals surface area contributed by atoms with Crippen LogP contribution in [0.3, 0.4) is 0 Å². The maximum Gasteiger partial charge on any atom is 0.416 e. The Morgan fingerprint density at radius 1 is 1.25 bits per heavy atom. The zero-order valence-corrected chi connectivity index (χ0v) is 11.3. The molecule has 0 saturated carbocycles. The average Bonchev–Trinajstić information content (AvgIpc) is 2.67. The molecule has 0 fully saturated rings. The van der Waals surface area contributed by atoms with Crippen LogP contribution in [0.4, 0.5) is 13.2 Å².